The lowest BCUT2D eigenvalue weighted by molar-refractivity contribution is -0.137. The largest absolute Gasteiger partial charge is 0.481 e. The Balaban J connectivity index is 2.22. The van der Waals surface area contributed by atoms with Gasteiger partial charge in [0.1, 0.15) is 0 Å². The van der Waals surface area contributed by atoms with Gasteiger partial charge in [0.15, 0.2) is 0 Å². The zero-order chi connectivity index (χ0) is 12.5. The van der Waals surface area contributed by atoms with Crippen LogP contribution in [0.3, 0.4) is 0 Å². The number of hydrogen-bond acceptors (Lipinski definition) is 4. The van der Waals surface area contributed by atoms with Crippen molar-refractivity contribution in [1.82, 2.24) is 9.80 Å². The fourth-order valence-electron chi connectivity index (χ4n) is 1.84. The number of carboxylic acids is 1. The van der Waals surface area contributed by atoms with Gasteiger partial charge in [0.25, 0.3) is 0 Å². The van der Waals surface area contributed by atoms with Crippen molar-refractivity contribution in [2.24, 2.45) is 0 Å². The molecule has 98 valence electrons. The molecule has 5 nitrogen and oxygen atoms in total. The third-order valence-corrected chi connectivity index (χ3v) is 2.87. The van der Waals surface area contributed by atoms with Gasteiger partial charge in [-0.1, -0.05) is 6.08 Å². The zero-order valence-electron chi connectivity index (χ0n) is 10.3. The molecular formula is C12H22N2O3. The van der Waals surface area contributed by atoms with E-state index in [0.717, 1.165) is 45.9 Å². The van der Waals surface area contributed by atoms with E-state index < -0.39 is 5.97 Å². The van der Waals surface area contributed by atoms with Crippen molar-refractivity contribution in [3.05, 3.63) is 12.7 Å². The van der Waals surface area contributed by atoms with Crippen molar-refractivity contribution in [3.8, 4) is 0 Å². The Kier molecular flexibility index (Phi) is 6.84. The van der Waals surface area contributed by atoms with E-state index in [9.17, 15) is 4.79 Å². The minimum absolute atomic E-state index is 0.191. The van der Waals surface area contributed by atoms with Crippen molar-refractivity contribution in [2.75, 3.05) is 52.5 Å². The molecule has 1 aliphatic heterocycles. The Morgan fingerprint density at radius 1 is 1.41 bits per heavy atom. The summed E-state index contributed by atoms with van der Waals surface area (Å²) in [5, 5.41) is 8.67. The molecule has 0 radical (unpaired) electrons. The van der Waals surface area contributed by atoms with Gasteiger partial charge in [-0.05, 0) is 0 Å². The molecule has 0 aromatic rings. The normalized spacial score (nSPS) is 17.2. The fraction of sp³-hybridized carbons (Fsp3) is 0.750. The molecule has 0 unspecified atom stereocenters. The van der Waals surface area contributed by atoms with Crippen LogP contribution >= 0.6 is 0 Å². The average molecular weight is 242 g/mol. The molecule has 0 spiro atoms. The van der Waals surface area contributed by atoms with Crippen LogP contribution in [0, 0.1) is 0 Å². The van der Waals surface area contributed by atoms with Gasteiger partial charge >= 0.3 is 5.97 Å². The van der Waals surface area contributed by atoms with Gasteiger partial charge in [0.2, 0.25) is 0 Å². The van der Waals surface area contributed by atoms with Crippen molar-refractivity contribution < 1.29 is 14.6 Å². The van der Waals surface area contributed by atoms with E-state index in [4.69, 9.17) is 9.84 Å². The maximum Gasteiger partial charge on any atom is 0.304 e. The molecule has 0 amide bonds. The zero-order valence-corrected chi connectivity index (χ0v) is 10.3. The molecule has 0 atom stereocenters. The maximum atomic E-state index is 10.5. The van der Waals surface area contributed by atoms with Gasteiger partial charge < -0.3 is 9.84 Å². The van der Waals surface area contributed by atoms with Gasteiger partial charge in [-0.25, -0.2) is 0 Å². The topological polar surface area (TPSA) is 53.0 Å². The number of morpholine rings is 1. The molecule has 1 aliphatic rings. The predicted molar refractivity (Wildman–Crippen MR) is 66.1 cm³/mol. The number of rotatable bonds is 8. The number of nitrogens with zero attached hydrogens (tertiary/aromatic N) is 2. The Morgan fingerprint density at radius 3 is 2.71 bits per heavy atom. The molecule has 1 N–H and O–H groups in total. The van der Waals surface area contributed by atoms with Gasteiger partial charge in [-0.3, -0.25) is 14.6 Å². The van der Waals surface area contributed by atoms with Crippen molar-refractivity contribution >= 4 is 5.97 Å². The Bertz CT molecular complexity index is 240. The SMILES string of the molecule is C=CCN(CCC(=O)O)CCN1CCOCC1. The first-order chi connectivity index (χ1) is 8.22. The number of carboxylic acid groups (broad SMARTS) is 1. The van der Waals surface area contributed by atoms with Crippen LogP contribution < -0.4 is 0 Å². The molecule has 1 fully saturated rings. The molecule has 0 aromatic carbocycles. The first-order valence-corrected chi connectivity index (χ1v) is 6.07. The van der Waals surface area contributed by atoms with E-state index in [-0.39, 0.29) is 6.42 Å². The highest BCUT2D eigenvalue weighted by molar-refractivity contribution is 5.66. The van der Waals surface area contributed by atoms with E-state index in [1.54, 1.807) is 0 Å². The fourth-order valence-corrected chi connectivity index (χ4v) is 1.84. The summed E-state index contributed by atoms with van der Waals surface area (Å²) >= 11 is 0. The number of hydrogen-bond donors (Lipinski definition) is 1. The van der Waals surface area contributed by atoms with Crippen LogP contribution in [0.15, 0.2) is 12.7 Å². The van der Waals surface area contributed by atoms with Gasteiger partial charge in [-0.15, -0.1) is 6.58 Å². The summed E-state index contributed by atoms with van der Waals surface area (Å²) in [6.07, 6.45) is 2.01. The van der Waals surface area contributed by atoms with Crippen LogP contribution in [0.2, 0.25) is 0 Å². The van der Waals surface area contributed by atoms with E-state index in [2.05, 4.69) is 16.4 Å². The second-order valence-electron chi connectivity index (χ2n) is 4.19. The molecular weight excluding hydrogens is 220 g/mol. The highest BCUT2D eigenvalue weighted by atomic mass is 16.5. The second-order valence-corrected chi connectivity index (χ2v) is 4.19. The third kappa shape index (κ3) is 6.41. The summed E-state index contributed by atoms with van der Waals surface area (Å²) in [7, 11) is 0. The summed E-state index contributed by atoms with van der Waals surface area (Å²) in [4.78, 5) is 15.0. The lowest BCUT2D eigenvalue weighted by Gasteiger charge is -2.29. The Morgan fingerprint density at radius 2 is 2.12 bits per heavy atom. The van der Waals surface area contributed by atoms with E-state index in [0.29, 0.717) is 6.54 Å². The summed E-state index contributed by atoms with van der Waals surface area (Å²) in [6.45, 7) is 10.4. The Labute approximate surface area is 103 Å². The first-order valence-electron chi connectivity index (χ1n) is 6.07. The Hall–Kier alpha value is -0.910. The lowest BCUT2D eigenvalue weighted by atomic mass is 10.3. The highest BCUT2D eigenvalue weighted by Gasteiger charge is 2.12. The standard InChI is InChI=1S/C12H22N2O3/c1-2-4-13(5-3-12(15)16)6-7-14-8-10-17-11-9-14/h2H,1,3-11H2,(H,15,16). The molecule has 0 aliphatic carbocycles. The highest BCUT2D eigenvalue weighted by Crippen LogP contribution is 1.99. The number of aliphatic carboxylic acids is 1. The number of ether oxygens (including phenoxy) is 1. The van der Waals surface area contributed by atoms with Crippen LogP contribution in [-0.2, 0) is 9.53 Å². The minimum atomic E-state index is -0.745. The summed E-state index contributed by atoms with van der Waals surface area (Å²) in [5.74, 6) is -0.745. The van der Waals surface area contributed by atoms with Crippen LogP contribution in [-0.4, -0.2) is 73.4 Å². The van der Waals surface area contributed by atoms with Crippen LogP contribution in [0.5, 0.6) is 0 Å². The molecule has 5 heteroatoms. The monoisotopic (exact) mass is 242 g/mol. The van der Waals surface area contributed by atoms with Crippen molar-refractivity contribution in [2.45, 2.75) is 6.42 Å². The van der Waals surface area contributed by atoms with Crippen molar-refractivity contribution in [1.29, 1.82) is 0 Å². The van der Waals surface area contributed by atoms with Gasteiger partial charge in [-0.2, -0.15) is 0 Å². The van der Waals surface area contributed by atoms with E-state index in [1.807, 2.05) is 6.08 Å². The van der Waals surface area contributed by atoms with Crippen LogP contribution in [0.4, 0.5) is 0 Å². The van der Waals surface area contributed by atoms with Crippen LogP contribution in [0.1, 0.15) is 6.42 Å². The smallest absolute Gasteiger partial charge is 0.304 e. The quantitative estimate of drug-likeness (QED) is 0.620. The molecule has 1 saturated heterocycles. The minimum Gasteiger partial charge on any atom is -0.481 e. The lowest BCUT2D eigenvalue weighted by Crippen LogP contribution is -2.41. The number of carbonyl (C=O) groups is 1. The van der Waals surface area contributed by atoms with Gasteiger partial charge in [0, 0.05) is 39.3 Å². The third-order valence-electron chi connectivity index (χ3n) is 2.87. The molecule has 0 saturated carbocycles. The maximum absolute atomic E-state index is 10.5. The second kappa shape index (κ2) is 8.22. The predicted octanol–water partition coefficient (Wildman–Crippen LogP) is 0.281. The first kappa shape index (κ1) is 14.2. The van der Waals surface area contributed by atoms with E-state index in [1.165, 1.54) is 0 Å². The molecule has 1 heterocycles. The molecule has 17 heavy (non-hydrogen) atoms. The average Bonchev–Trinajstić information content (AvgIpc) is 2.34. The van der Waals surface area contributed by atoms with Crippen LogP contribution in [0.25, 0.3) is 0 Å². The van der Waals surface area contributed by atoms with E-state index >= 15 is 0 Å². The summed E-state index contributed by atoms with van der Waals surface area (Å²) in [5.41, 5.74) is 0. The van der Waals surface area contributed by atoms with Gasteiger partial charge in [0.05, 0.1) is 19.6 Å². The summed E-state index contributed by atoms with van der Waals surface area (Å²) < 4.78 is 5.28. The summed E-state index contributed by atoms with van der Waals surface area (Å²) in [6, 6.07) is 0. The molecule has 0 aromatic heterocycles. The molecule has 0 bridgehead atoms. The van der Waals surface area contributed by atoms with Crippen molar-refractivity contribution in [3.63, 3.8) is 0 Å². The molecule has 1 rings (SSSR count).